The molecule has 2 saturated heterocycles. The van der Waals surface area contributed by atoms with Crippen LogP contribution in [0.1, 0.15) is 36.0 Å². The van der Waals surface area contributed by atoms with Crippen LogP contribution in [0.5, 0.6) is 11.5 Å². The van der Waals surface area contributed by atoms with Gasteiger partial charge in [0.05, 0.1) is 19.8 Å². The molecule has 1 unspecified atom stereocenters. The summed E-state index contributed by atoms with van der Waals surface area (Å²) in [7, 11) is 4.73. The van der Waals surface area contributed by atoms with Crippen molar-refractivity contribution in [2.45, 2.75) is 43.9 Å². The molecule has 1 aromatic carbocycles. The Morgan fingerprint density at radius 1 is 1.17 bits per heavy atom. The van der Waals surface area contributed by atoms with E-state index >= 15 is 0 Å². The number of hydroxylamine groups is 1. The summed E-state index contributed by atoms with van der Waals surface area (Å²) in [6.45, 7) is 0. The smallest absolute Gasteiger partial charge is 0.338 e. The number of hydrazine groups is 1. The molecule has 1 N–H and O–H groups in total. The lowest BCUT2D eigenvalue weighted by atomic mass is 10.0. The standard InChI is InChI=1S/C17H24N2O5/c1-18(21)19-12-5-6-13(19)10-14(9-12)24-17(20)11-4-7-15(22-2)16(8-11)23-3/h4,7-8,12-14,21H,5-6,9-10H2,1-3H3/t12-,13+,14?. The fourth-order valence-electron chi connectivity index (χ4n) is 3.85. The minimum Gasteiger partial charge on any atom is -0.493 e. The van der Waals surface area contributed by atoms with Crippen molar-refractivity contribution in [3.63, 3.8) is 0 Å². The zero-order valence-electron chi connectivity index (χ0n) is 14.3. The second kappa shape index (κ2) is 6.96. The fourth-order valence-corrected chi connectivity index (χ4v) is 3.85. The number of ether oxygens (including phenoxy) is 3. The van der Waals surface area contributed by atoms with E-state index < -0.39 is 0 Å². The number of carbonyl (C=O) groups excluding carboxylic acids is 1. The molecule has 0 radical (unpaired) electrons. The Kier molecular flexibility index (Phi) is 4.93. The Labute approximate surface area is 141 Å². The van der Waals surface area contributed by atoms with Gasteiger partial charge >= 0.3 is 5.97 Å². The largest absolute Gasteiger partial charge is 0.493 e. The van der Waals surface area contributed by atoms with Crippen molar-refractivity contribution >= 4 is 5.97 Å². The summed E-state index contributed by atoms with van der Waals surface area (Å²) in [5, 5.41) is 12.9. The van der Waals surface area contributed by atoms with E-state index in [-0.39, 0.29) is 24.2 Å². The van der Waals surface area contributed by atoms with Gasteiger partial charge in [-0.25, -0.2) is 9.80 Å². The van der Waals surface area contributed by atoms with Crippen LogP contribution in [0.2, 0.25) is 0 Å². The number of carbonyl (C=O) groups is 1. The molecule has 2 bridgehead atoms. The lowest BCUT2D eigenvalue weighted by Crippen LogP contribution is -2.52. The maximum atomic E-state index is 12.4. The Balaban J connectivity index is 1.66. The number of fused-ring (bicyclic) bond motifs is 2. The van der Waals surface area contributed by atoms with Crippen molar-refractivity contribution in [3.8, 4) is 11.5 Å². The van der Waals surface area contributed by atoms with Gasteiger partial charge in [-0.1, -0.05) is 0 Å². The molecule has 2 heterocycles. The molecular weight excluding hydrogens is 312 g/mol. The highest BCUT2D eigenvalue weighted by Gasteiger charge is 2.43. The first-order chi connectivity index (χ1) is 11.5. The Morgan fingerprint density at radius 2 is 1.79 bits per heavy atom. The van der Waals surface area contributed by atoms with E-state index in [0.29, 0.717) is 17.1 Å². The molecule has 0 spiro atoms. The Bertz CT molecular complexity index is 593. The molecule has 2 aliphatic rings. The quantitative estimate of drug-likeness (QED) is 0.652. The van der Waals surface area contributed by atoms with Crippen molar-refractivity contribution in [2.24, 2.45) is 0 Å². The van der Waals surface area contributed by atoms with Crippen molar-refractivity contribution in [3.05, 3.63) is 23.8 Å². The van der Waals surface area contributed by atoms with Crippen LogP contribution in [0, 0.1) is 0 Å². The number of hydrogen-bond donors (Lipinski definition) is 1. The van der Waals surface area contributed by atoms with Crippen molar-refractivity contribution < 1.29 is 24.2 Å². The topological polar surface area (TPSA) is 71.5 Å². The monoisotopic (exact) mass is 336 g/mol. The van der Waals surface area contributed by atoms with Crippen molar-refractivity contribution in [1.82, 2.24) is 10.2 Å². The third-order valence-electron chi connectivity index (χ3n) is 4.88. The first-order valence-electron chi connectivity index (χ1n) is 8.17. The highest BCUT2D eigenvalue weighted by molar-refractivity contribution is 5.90. The molecule has 24 heavy (non-hydrogen) atoms. The molecular formula is C17H24N2O5. The minimum atomic E-state index is -0.355. The molecule has 7 heteroatoms. The third kappa shape index (κ3) is 3.19. The lowest BCUT2D eigenvalue weighted by Gasteiger charge is -2.40. The summed E-state index contributed by atoms with van der Waals surface area (Å²) >= 11 is 0. The number of nitrogens with zero attached hydrogens (tertiary/aromatic N) is 2. The number of methoxy groups -OCH3 is 2. The molecule has 132 valence electrons. The molecule has 0 amide bonds. The fraction of sp³-hybridized carbons (Fsp3) is 0.588. The molecule has 1 aromatic rings. The van der Waals surface area contributed by atoms with Crippen LogP contribution in [0.25, 0.3) is 0 Å². The highest BCUT2D eigenvalue weighted by Crippen LogP contribution is 2.37. The van der Waals surface area contributed by atoms with Crippen LogP contribution in [0.15, 0.2) is 18.2 Å². The van der Waals surface area contributed by atoms with Crippen LogP contribution in [0.3, 0.4) is 0 Å². The summed E-state index contributed by atoms with van der Waals surface area (Å²) in [5.74, 6) is 0.723. The van der Waals surface area contributed by atoms with E-state index in [0.717, 1.165) is 25.7 Å². The third-order valence-corrected chi connectivity index (χ3v) is 4.88. The van der Waals surface area contributed by atoms with Gasteiger partial charge in [0, 0.05) is 32.0 Å². The molecule has 3 atom stereocenters. The molecule has 0 aliphatic carbocycles. The number of esters is 1. The first-order valence-corrected chi connectivity index (χ1v) is 8.17. The normalized spacial score (nSPS) is 26.5. The van der Waals surface area contributed by atoms with Gasteiger partial charge in [0.15, 0.2) is 11.5 Å². The Hall–Kier alpha value is -1.83. The van der Waals surface area contributed by atoms with Gasteiger partial charge in [0.1, 0.15) is 6.10 Å². The SMILES string of the molecule is COc1ccc(C(=O)OC2C[C@H]3CC[C@@H](C2)N3N(C)O)cc1OC. The summed E-state index contributed by atoms with van der Waals surface area (Å²) in [6.07, 6.45) is 3.38. The number of benzene rings is 1. The van der Waals surface area contributed by atoms with Gasteiger partial charge in [0.25, 0.3) is 0 Å². The highest BCUT2D eigenvalue weighted by atomic mass is 16.6. The van der Waals surface area contributed by atoms with Crippen LogP contribution >= 0.6 is 0 Å². The summed E-state index contributed by atoms with van der Waals surface area (Å²) < 4.78 is 16.1. The first kappa shape index (κ1) is 17.0. The number of hydrogen-bond acceptors (Lipinski definition) is 7. The van der Waals surface area contributed by atoms with E-state index in [1.807, 2.05) is 5.01 Å². The maximum absolute atomic E-state index is 12.4. The van der Waals surface area contributed by atoms with Gasteiger partial charge in [-0.05, 0) is 31.0 Å². The van der Waals surface area contributed by atoms with Crippen LogP contribution in [-0.2, 0) is 4.74 Å². The van der Waals surface area contributed by atoms with E-state index in [9.17, 15) is 10.0 Å². The van der Waals surface area contributed by atoms with Gasteiger partial charge in [-0.15, -0.1) is 5.17 Å². The van der Waals surface area contributed by atoms with Crippen molar-refractivity contribution in [1.29, 1.82) is 0 Å². The van der Waals surface area contributed by atoms with Gasteiger partial charge in [0.2, 0.25) is 0 Å². The minimum absolute atomic E-state index is 0.126. The van der Waals surface area contributed by atoms with Gasteiger partial charge in [-0.2, -0.15) is 0 Å². The van der Waals surface area contributed by atoms with Crippen LogP contribution in [0.4, 0.5) is 0 Å². The van der Waals surface area contributed by atoms with Crippen LogP contribution in [-0.4, -0.2) is 60.8 Å². The van der Waals surface area contributed by atoms with E-state index in [4.69, 9.17) is 14.2 Å². The predicted octanol–water partition coefficient (Wildman–Crippen LogP) is 2.09. The molecule has 3 rings (SSSR count). The van der Waals surface area contributed by atoms with E-state index in [2.05, 4.69) is 0 Å². The molecule has 0 aromatic heterocycles. The van der Waals surface area contributed by atoms with Crippen molar-refractivity contribution in [2.75, 3.05) is 21.3 Å². The second-order valence-electron chi connectivity index (χ2n) is 6.32. The van der Waals surface area contributed by atoms with Gasteiger partial charge in [-0.3, -0.25) is 5.21 Å². The average Bonchev–Trinajstić information content (AvgIpc) is 2.85. The number of rotatable bonds is 5. The van der Waals surface area contributed by atoms with E-state index in [1.54, 1.807) is 32.4 Å². The Morgan fingerprint density at radius 3 is 2.33 bits per heavy atom. The second-order valence-corrected chi connectivity index (χ2v) is 6.32. The number of piperidine rings is 1. The summed E-state index contributed by atoms with van der Waals surface area (Å²) in [6, 6.07) is 5.45. The molecule has 2 aliphatic heterocycles. The van der Waals surface area contributed by atoms with E-state index in [1.165, 1.54) is 12.3 Å². The molecule has 0 saturated carbocycles. The summed E-state index contributed by atoms with van der Waals surface area (Å²) in [4.78, 5) is 12.4. The van der Waals surface area contributed by atoms with Crippen LogP contribution < -0.4 is 9.47 Å². The average molecular weight is 336 g/mol. The summed E-state index contributed by atoms with van der Waals surface area (Å²) in [5.41, 5.74) is 0.446. The molecule has 7 nitrogen and oxygen atoms in total. The predicted molar refractivity (Wildman–Crippen MR) is 86.2 cm³/mol. The van der Waals surface area contributed by atoms with Gasteiger partial charge < -0.3 is 14.2 Å². The molecule has 2 fully saturated rings. The zero-order chi connectivity index (χ0) is 17.3. The lowest BCUT2D eigenvalue weighted by molar-refractivity contribution is -0.260. The zero-order valence-corrected chi connectivity index (χ0v) is 14.3. The maximum Gasteiger partial charge on any atom is 0.338 e.